The Labute approximate surface area is 126 Å². The monoisotopic (exact) mass is 307 g/mol. The highest BCUT2D eigenvalue weighted by molar-refractivity contribution is 7.89. The topological polar surface area (TPSA) is 61.4 Å². The van der Waals surface area contributed by atoms with E-state index in [9.17, 15) is 8.42 Å². The first-order chi connectivity index (χ1) is 9.97. The van der Waals surface area contributed by atoms with E-state index < -0.39 is 10.0 Å². The summed E-state index contributed by atoms with van der Waals surface area (Å²) in [5, 5.41) is 4.59. The fourth-order valence-electron chi connectivity index (χ4n) is 2.28. The second-order valence-corrected chi connectivity index (χ2v) is 6.76. The van der Waals surface area contributed by atoms with Gasteiger partial charge in [-0.15, -0.1) is 0 Å². The number of hydrogen-bond acceptors (Lipinski definition) is 4. The van der Waals surface area contributed by atoms with Gasteiger partial charge in [-0.1, -0.05) is 24.3 Å². The molecule has 21 heavy (non-hydrogen) atoms. The summed E-state index contributed by atoms with van der Waals surface area (Å²) < 4.78 is 27.5. The lowest BCUT2D eigenvalue weighted by molar-refractivity contribution is 0.580. The van der Waals surface area contributed by atoms with Crippen LogP contribution in [0.3, 0.4) is 0 Å². The molecule has 0 saturated heterocycles. The molecular formula is C15H21N3O2S. The first-order valence-corrected chi connectivity index (χ1v) is 8.29. The summed E-state index contributed by atoms with van der Waals surface area (Å²) in [7, 11) is 2.17. The van der Waals surface area contributed by atoms with E-state index in [1.807, 2.05) is 43.3 Å². The van der Waals surface area contributed by atoms with Crippen LogP contribution in [0.15, 0.2) is 41.3 Å². The molecule has 6 heteroatoms. The van der Waals surface area contributed by atoms with Gasteiger partial charge in [-0.25, -0.2) is 13.1 Å². The summed E-state index contributed by atoms with van der Waals surface area (Å²) >= 11 is 0. The maximum atomic E-state index is 12.4. The molecule has 0 saturated carbocycles. The highest BCUT2D eigenvalue weighted by atomic mass is 32.2. The van der Waals surface area contributed by atoms with Crippen molar-refractivity contribution >= 4 is 26.5 Å². The van der Waals surface area contributed by atoms with E-state index in [0.29, 0.717) is 18.0 Å². The molecule has 0 aliphatic carbocycles. The zero-order valence-electron chi connectivity index (χ0n) is 12.6. The highest BCUT2D eigenvalue weighted by Crippen LogP contribution is 2.29. The highest BCUT2D eigenvalue weighted by Gasteiger charge is 2.17. The van der Waals surface area contributed by atoms with Crippen molar-refractivity contribution in [3.05, 3.63) is 36.4 Å². The summed E-state index contributed by atoms with van der Waals surface area (Å²) in [6.45, 7) is 0.954. The molecule has 0 aliphatic rings. The van der Waals surface area contributed by atoms with Gasteiger partial charge in [-0.3, -0.25) is 0 Å². The standard InChI is InChI=1S/C15H21N3O2S/c1-16-10-11-17-21(19,20)15-9-5-6-12-13(15)7-4-8-14(12)18(2)3/h4-9,16-17H,10-11H2,1-3H3. The van der Waals surface area contributed by atoms with Crippen LogP contribution < -0.4 is 14.9 Å². The minimum atomic E-state index is -3.51. The predicted molar refractivity (Wildman–Crippen MR) is 87.4 cm³/mol. The Morgan fingerprint density at radius 3 is 2.33 bits per heavy atom. The lowest BCUT2D eigenvalue weighted by Crippen LogP contribution is -2.30. The van der Waals surface area contributed by atoms with Crippen LogP contribution >= 0.6 is 0 Å². The van der Waals surface area contributed by atoms with Gasteiger partial charge in [0, 0.05) is 43.6 Å². The Morgan fingerprint density at radius 1 is 1.00 bits per heavy atom. The Bertz CT molecular complexity index is 727. The minimum absolute atomic E-state index is 0.319. The van der Waals surface area contributed by atoms with Crippen LogP contribution in [-0.4, -0.2) is 42.7 Å². The van der Waals surface area contributed by atoms with Gasteiger partial charge in [0.1, 0.15) is 0 Å². The van der Waals surface area contributed by atoms with E-state index in [1.165, 1.54) is 0 Å². The lowest BCUT2D eigenvalue weighted by atomic mass is 10.1. The molecule has 114 valence electrons. The molecule has 2 aromatic carbocycles. The van der Waals surface area contributed by atoms with Crippen LogP contribution in [0.2, 0.25) is 0 Å². The van der Waals surface area contributed by atoms with Gasteiger partial charge in [0.25, 0.3) is 0 Å². The third-order valence-corrected chi connectivity index (χ3v) is 4.82. The minimum Gasteiger partial charge on any atom is -0.377 e. The van der Waals surface area contributed by atoms with Crippen LogP contribution in [0.5, 0.6) is 0 Å². The Hall–Kier alpha value is -1.63. The average Bonchev–Trinajstić information content (AvgIpc) is 2.46. The molecule has 0 aliphatic heterocycles. The van der Waals surface area contributed by atoms with Crippen molar-refractivity contribution < 1.29 is 8.42 Å². The number of benzene rings is 2. The quantitative estimate of drug-likeness (QED) is 0.792. The van der Waals surface area contributed by atoms with Crippen molar-refractivity contribution in [2.24, 2.45) is 0 Å². The summed E-state index contributed by atoms with van der Waals surface area (Å²) in [6.07, 6.45) is 0. The van der Waals surface area contributed by atoms with Crippen molar-refractivity contribution in [1.29, 1.82) is 0 Å². The molecule has 2 rings (SSSR count). The van der Waals surface area contributed by atoms with Crippen molar-refractivity contribution in [3.63, 3.8) is 0 Å². The molecule has 2 aromatic rings. The maximum Gasteiger partial charge on any atom is 0.241 e. The molecule has 0 amide bonds. The molecule has 5 nitrogen and oxygen atoms in total. The molecule has 0 aromatic heterocycles. The molecule has 0 heterocycles. The van der Waals surface area contributed by atoms with E-state index in [0.717, 1.165) is 16.5 Å². The molecule has 0 fully saturated rings. The van der Waals surface area contributed by atoms with E-state index in [2.05, 4.69) is 10.0 Å². The van der Waals surface area contributed by atoms with E-state index in [4.69, 9.17) is 0 Å². The molecule has 0 radical (unpaired) electrons. The first kappa shape index (κ1) is 15.8. The fraction of sp³-hybridized carbons (Fsp3) is 0.333. The summed E-state index contributed by atoms with van der Waals surface area (Å²) in [6, 6.07) is 11.1. The molecule has 0 spiro atoms. The molecular weight excluding hydrogens is 286 g/mol. The number of anilines is 1. The second kappa shape index (κ2) is 6.43. The van der Waals surface area contributed by atoms with Crippen molar-refractivity contribution in [2.75, 3.05) is 39.1 Å². The van der Waals surface area contributed by atoms with Gasteiger partial charge in [-0.2, -0.15) is 0 Å². The van der Waals surface area contributed by atoms with Crippen LogP contribution in [0.4, 0.5) is 5.69 Å². The first-order valence-electron chi connectivity index (χ1n) is 6.80. The van der Waals surface area contributed by atoms with E-state index >= 15 is 0 Å². The van der Waals surface area contributed by atoms with Crippen LogP contribution in [0, 0.1) is 0 Å². The zero-order chi connectivity index (χ0) is 15.5. The second-order valence-electron chi connectivity index (χ2n) is 5.02. The summed E-state index contributed by atoms with van der Waals surface area (Å²) in [4.78, 5) is 2.30. The third kappa shape index (κ3) is 3.34. The maximum absolute atomic E-state index is 12.4. The largest absolute Gasteiger partial charge is 0.377 e. The zero-order valence-corrected chi connectivity index (χ0v) is 13.4. The third-order valence-electron chi connectivity index (χ3n) is 3.30. The number of nitrogens with one attached hydrogen (secondary N) is 2. The summed E-state index contributed by atoms with van der Waals surface area (Å²) in [5.74, 6) is 0. The van der Waals surface area contributed by atoms with Crippen molar-refractivity contribution in [3.8, 4) is 0 Å². The number of hydrogen-bond donors (Lipinski definition) is 2. The SMILES string of the molecule is CNCCNS(=O)(=O)c1cccc2c(N(C)C)cccc12. The van der Waals surface area contributed by atoms with Gasteiger partial charge >= 0.3 is 0 Å². The lowest BCUT2D eigenvalue weighted by Gasteiger charge is -2.17. The van der Waals surface area contributed by atoms with Crippen LogP contribution in [0.1, 0.15) is 0 Å². The van der Waals surface area contributed by atoms with E-state index in [1.54, 1.807) is 19.2 Å². The smallest absolute Gasteiger partial charge is 0.241 e. The van der Waals surface area contributed by atoms with Crippen molar-refractivity contribution in [1.82, 2.24) is 10.0 Å². The van der Waals surface area contributed by atoms with Crippen LogP contribution in [-0.2, 0) is 10.0 Å². The number of likely N-dealkylation sites (N-methyl/N-ethyl adjacent to an activating group) is 1. The van der Waals surface area contributed by atoms with Gasteiger partial charge in [0.15, 0.2) is 0 Å². The van der Waals surface area contributed by atoms with Gasteiger partial charge in [-0.05, 0) is 19.2 Å². The predicted octanol–water partition coefficient (Wildman–Crippen LogP) is 1.40. The van der Waals surface area contributed by atoms with Crippen LogP contribution in [0.25, 0.3) is 10.8 Å². The fourth-order valence-corrected chi connectivity index (χ4v) is 3.53. The number of fused-ring (bicyclic) bond motifs is 1. The van der Waals surface area contributed by atoms with Gasteiger partial charge in [0.2, 0.25) is 10.0 Å². The Balaban J connectivity index is 2.53. The number of sulfonamides is 1. The number of rotatable bonds is 6. The van der Waals surface area contributed by atoms with Gasteiger partial charge in [0.05, 0.1) is 4.90 Å². The Morgan fingerprint density at radius 2 is 1.67 bits per heavy atom. The molecule has 0 atom stereocenters. The molecule has 0 bridgehead atoms. The molecule has 2 N–H and O–H groups in total. The van der Waals surface area contributed by atoms with Gasteiger partial charge < -0.3 is 10.2 Å². The Kier molecular flexibility index (Phi) is 4.82. The van der Waals surface area contributed by atoms with E-state index in [-0.39, 0.29) is 0 Å². The normalized spacial score (nSPS) is 11.8. The summed E-state index contributed by atoms with van der Waals surface area (Å²) in [5.41, 5.74) is 1.000. The average molecular weight is 307 g/mol. The number of nitrogens with zero attached hydrogens (tertiary/aromatic N) is 1. The van der Waals surface area contributed by atoms with Crippen molar-refractivity contribution in [2.45, 2.75) is 4.90 Å². The molecule has 0 unspecified atom stereocenters.